The summed E-state index contributed by atoms with van der Waals surface area (Å²) in [6.45, 7) is 9.50. The third-order valence-corrected chi connectivity index (χ3v) is 6.42. The SMILES string of the molecule is CCOC(=O)CNC(=O)N(CCC(=O)N1CCN(C(c2ccccc2)c2ccccc2)CC1)CC(C)C. The van der Waals surface area contributed by atoms with Gasteiger partial charge in [-0.3, -0.25) is 14.5 Å². The summed E-state index contributed by atoms with van der Waals surface area (Å²) in [6, 6.07) is 20.7. The molecule has 8 nitrogen and oxygen atoms in total. The minimum Gasteiger partial charge on any atom is -0.465 e. The topological polar surface area (TPSA) is 82.2 Å². The van der Waals surface area contributed by atoms with E-state index in [-0.39, 0.29) is 43.5 Å². The van der Waals surface area contributed by atoms with Gasteiger partial charge in [-0.25, -0.2) is 4.79 Å². The number of nitrogens with zero attached hydrogens (tertiary/aromatic N) is 3. The third kappa shape index (κ3) is 8.60. The van der Waals surface area contributed by atoms with Gasteiger partial charge in [0, 0.05) is 45.7 Å². The Morgan fingerprint density at radius 3 is 2.00 bits per heavy atom. The fourth-order valence-corrected chi connectivity index (χ4v) is 4.69. The molecular weight excluding hydrogens is 468 g/mol. The number of amides is 3. The Bertz CT molecular complexity index is 952. The quantitative estimate of drug-likeness (QED) is 0.470. The van der Waals surface area contributed by atoms with Crippen LogP contribution in [0.4, 0.5) is 4.79 Å². The van der Waals surface area contributed by atoms with Crippen LogP contribution in [-0.4, -0.2) is 85.0 Å². The predicted octanol–water partition coefficient (Wildman–Crippen LogP) is 3.54. The van der Waals surface area contributed by atoms with Gasteiger partial charge >= 0.3 is 12.0 Å². The summed E-state index contributed by atoms with van der Waals surface area (Å²) in [5.41, 5.74) is 2.48. The standard InChI is InChI=1S/C29H40N4O4/c1-4-37-27(35)21-30-29(36)33(22-23(2)3)16-15-26(34)31-17-19-32(20-18-31)28(24-11-7-5-8-12-24)25-13-9-6-10-14-25/h5-14,23,28H,4,15-22H2,1-3H3,(H,30,36). The fraction of sp³-hybridized carbons (Fsp3) is 0.483. The van der Waals surface area contributed by atoms with Gasteiger partial charge in [-0.1, -0.05) is 74.5 Å². The molecule has 1 N–H and O–H groups in total. The monoisotopic (exact) mass is 508 g/mol. The third-order valence-electron chi connectivity index (χ3n) is 6.42. The zero-order valence-electron chi connectivity index (χ0n) is 22.3. The molecular formula is C29H40N4O4. The average molecular weight is 509 g/mol. The molecule has 37 heavy (non-hydrogen) atoms. The van der Waals surface area contributed by atoms with E-state index in [1.807, 2.05) is 30.9 Å². The number of ether oxygens (including phenoxy) is 1. The smallest absolute Gasteiger partial charge is 0.325 e. The van der Waals surface area contributed by atoms with Crippen molar-refractivity contribution in [3.05, 3.63) is 71.8 Å². The molecule has 1 aliphatic rings. The van der Waals surface area contributed by atoms with Crippen LogP contribution < -0.4 is 5.32 Å². The van der Waals surface area contributed by atoms with E-state index in [1.165, 1.54) is 11.1 Å². The number of rotatable bonds is 11. The number of benzene rings is 2. The van der Waals surface area contributed by atoms with Crippen LogP contribution in [0.2, 0.25) is 0 Å². The number of piperazine rings is 1. The summed E-state index contributed by atoms with van der Waals surface area (Å²) in [4.78, 5) is 43.2. The summed E-state index contributed by atoms with van der Waals surface area (Å²) in [5.74, 6) is -0.193. The fourth-order valence-electron chi connectivity index (χ4n) is 4.69. The first kappa shape index (κ1) is 28.2. The van der Waals surface area contributed by atoms with Crippen molar-refractivity contribution in [2.24, 2.45) is 5.92 Å². The van der Waals surface area contributed by atoms with Gasteiger partial charge in [0.05, 0.1) is 12.6 Å². The number of hydrogen-bond acceptors (Lipinski definition) is 5. The number of esters is 1. The first-order chi connectivity index (χ1) is 17.9. The molecule has 1 aliphatic heterocycles. The van der Waals surface area contributed by atoms with Gasteiger partial charge < -0.3 is 19.9 Å². The molecule has 3 rings (SSSR count). The molecule has 2 aromatic rings. The molecule has 3 amide bonds. The van der Waals surface area contributed by atoms with Crippen molar-refractivity contribution < 1.29 is 19.1 Å². The van der Waals surface area contributed by atoms with Gasteiger partial charge in [0.1, 0.15) is 6.54 Å². The molecule has 8 heteroatoms. The molecule has 0 spiro atoms. The van der Waals surface area contributed by atoms with Crippen LogP contribution in [0.3, 0.4) is 0 Å². The lowest BCUT2D eigenvalue weighted by atomic mass is 9.96. The van der Waals surface area contributed by atoms with Crippen LogP contribution in [0.15, 0.2) is 60.7 Å². The maximum Gasteiger partial charge on any atom is 0.325 e. The summed E-state index contributed by atoms with van der Waals surface area (Å²) >= 11 is 0. The molecule has 2 aromatic carbocycles. The maximum absolute atomic E-state index is 13.1. The number of hydrogen-bond donors (Lipinski definition) is 1. The Hall–Kier alpha value is -3.39. The van der Waals surface area contributed by atoms with Gasteiger partial charge in [-0.2, -0.15) is 0 Å². The van der Waals surface area contributed by atoms with Crippen molar-refractivity contribution in [1.29, 1.82) is 0 Å². The molecule has 0 atom stereocenters. The van der Waals surface area contributed by atoms with E-state index >= 15 is 0 Å². The van der Waals surface area contributed by atoms with Crippen molar-refractivity contribution in [1.82, 2.24) is 20.0 Å². The van der Waals surface area contributed by atoms with Gasteiger partial charge in [-0.15, -0.1) is 0 Å². The van der Waals surface area contributed by atoms with E-state index in [4.69, 9.17) is 4.74 Å². The van der Waals surface area contributed by atoms with Crippen LogP contribution in [-0.2, 0) is 14.3 Å². The molecule has 0 aliphatic carbocycles. The Balaban J connectivity index is 1.55. The molecule has 0 bridgehead atoms. The highest BCUT2D eigenvalue weighted by atomic mass is 16.5. The van der Waals surface area contributed by atoms with E-state index in [0.717, 1.165) is 13.1 Å². The minimum absolute atomic E-state index is 0.0440. The van der Waals surface area contributed by atoms with Crippen LogP contribution in [0.25, 0.3) is 0 Å². The zero-order valence-corrected chi connectivity index (χ0v) is 22.3. The van der Waals surface area contributed by atoms with E-state index in [2.05, 4.69) is 58.7 Å². The molecule has 0 radical (unpaired) electrons. The molecule has 1 fully saturated rings. The van der Waals surface area contributed by atoms with Crippen LogP contribution >= 0.6 is 0 Å². The second kappa shape index (κ2) is 14.4. The van der Waals surface area contributed by atoms with Crippen molar-refractivity contribution in [2.75, 3.05) is 52.4 Å². The van der Waals surface area contributed by atoms with Crippen molar-refractivity contribution in [2.45, 2.75) is 33.2 Å². The van der Waals surface area contributed by atoms with Crippen molar-refractivity contribution in [3.8, 4) is 0 Å². The second-order valence-corrected chi connectivity index (χ2v) is 9.69. The molecule has 200 valence electrons. The highest BCUT2D eigenvalue weighted by Crippen LogP contribution is 2.29. The first-order valence-electron chi connectivity index (χ1n) is 13.2. The Labute approximate surface area is 220 Å². The van der Waals surface area contributed by atoms with Gasteiger partial charge in [-0.05, 0) is 24.0 Å². The maximum atomic E-state index is 13.1. The number of carbonyl (C=O) groups is 3. The van der Waals surface area contributed by atoms with Crippen LogP contribution in [0, 0.1) is 5.92 Å². The summed E-state index contributed by atoms with van der Waals surface area (Å²) < 4.78 is 4.88. The predicted molar refractivity (Wildman–Crippen MR) is 144 cm³/mol. The second-order valence-electron chi connectivity index (χ2n) is 9.69. The summed E-state index contributed by atoms with van der Waals surface area (Å²) in [5, 5.41) is 2.61. The molecule has 0 saturated carbocycles. The van der Waals surface area contributed by atoms with E-state index in [9.17, 15) is 14.4 Å². The lowest BCUT2D eigenvalue weighted by molar-refractivity contribution is -0.142. The number of carbonyl (C=O) groups excluding carboxylic acids is 3. The van der Waals surface area contributed by atoms with Crippen molar-refractivity contribution in [3.63, 3.8) is 0 Å². The molecule has 0 aromatic heterocycles. The highest BCUT2D eigenvalue weighted by molar-refractivity contribution is 5.82. The highest BCUT2D eigenvalue weighted by Gasteiger charge is 2.28. The van der Waals surface area contributed by atoms with Crippen LogP contribution in [0.1, 0.15) is 44.4 Å². The summed E-state index contributed by atoms with van der Waals surface area (Å²) in [6.07, 6.45) is 0.250. The molecule has 0 unspecified atom stereocenters. The minimum atomic E-state index is -0.474. The van der Waals surface area contributed by atoms with Gasteiger partial charge in [0.15, 0.2) is 0 Å². The lowest BCUT2D eigenvalue weighted by Gasteiger charge is -2.40. The van der Waals surface area contributed by atoms with E-state index in [1.54, 1.807) is 11.8 Å². The van der Waals surface area contributed by atoms with Crippen LogP contribution in [0.5, 0.6) is 0 Å². The first-order valence-corrected chi connectivity index (χ1v) is 13.2. The zero-order chi connectivity index (χ0) is 26.6. The number of urea groups is 1. The van der Waals surface area contributed by atoms with E-state index < -0.39 is 5.97 Å². The number of nitrogens with one attached hydrogen (secondary N) is 1. The molecule has 1 saturated heterocycles. The Kier molecular flexibility index (Phi) is 11.0. The van der Waals surface area contributed by atoms with Gasteiger partial charge in [0.25, 0.3) is 0 Å². The Morgan fingerprint density at radius 2 is 1.49 bits per heavy atom. The molecule has 1 heterocycles. The Morgan fingerprint density at radius 1 is 0.919 bits per heavy atom. The van der Waals surface area contributed by atoms with Gasteiger partial charge in [0.2, 0.25) is 5.91 Å². The largest absolute Gasteiger partial charge is 0.465 e. The van der Waals surface area contributed by atoms with E-state index in [0.29, 0.717) is 26.2 Å². The van der Waals surface area contributed by atoms with Crippen molar-refractivity contribution >= 4 is 17.9 Å². The lowest BCUT2D eigenvalue weighted by Crippen LogP contribution is -2.51. The normalized spacial score (nSPS) is 14.0. The summed E-state index contributed by atoms with van der Waals surface area (Å²) in [7, 11) is 0. The average Bonchev–Trinajstić information content (AvgIpc) is 2.91.